The first-order chi connectivity index (χ1) is 8.31. The van der Waals surface area contributed by atoms with E-state index in [0.29, 0.717) is 6.54 Å². The molecule has 0 aromatic carbocycles. The number of aromatic nitrogens is 2. The van der Waals surface area contributed by atoms with Crippen molar-refractivity contribution in [1.29, 1.82) is 0 Å². The second-order valence-corrected chi connectivity index (χ2v) is 4.71. The molecule has 4 nitrogen and oxygen atoms in total. The van der Waals surface area contributed by atoms with Gasteiger partial charge in [-0.15, -0.1) is 0 Å². The molecule has 3 rings (SSSR count). The molecule has 90 valence electrons. The Kier molecular flexibility index (Phi) is 2.73. The Bertz CT molecular complexity index is 496. The van der Waals surface area contributed by atoms with Gasteiger partial charge in [-0.05, 0) is 31.9 Å². The van der Waals surface area contributed by atoms with Crippen LogP contribution in [-0.2, 0) is 13.1 Å². The van der Waals surface area contributed by atoms with Gasteiger partial charge in [0.15, 0.2) is 0 Å². The van der Waals surface area contributed by atoms with Crippen LogP contribution in [0.5, 0.6) is 0 Å². The van der Waals surface area contributed by atoms with E-state index in [1.165, 1.54) is 18.4 Å². The molecule has 0 spiro atoms. The molecule has 2 heterocycles. The van der Waals surface area contributed by atoms with E-state index >= 15 is 0 Å². The smallest absolute Gasteiger partial charge is 0.125 e. The molecular weight excluding hydrogens is 214 g/mol. The highest BCUT2D eigenvalue weighted by atomic mass is 16.3. The largest absolute Gasteiger partial charge is 0.467 e. The summed E-state index contributed by atoms with van der Waals surface area (Å²) in [7, 11) is 0. The molecule has 4 heteroatoms. The van der Waals surface area contributed by atoms with Crippen LogP contribution in [0.2, 0.25) is 0 Å². The molecule has 0 atom stereocenters. The lowest BCUT2D eigenvalue weighted by Gasteiger charge is -2.00. The van der Waals surface area contributed by atoms with Crippen LogP contribution in [0.1, 0.15) is 29.9 Å². The highest BCUT2D eigenvalue weighted by Gasteiger charge is 2.20. The van der Waals surface area contributed by atoms with E-state index in [4.69, 9.17) is 4.42 Å². The lowest BCUT2D eigenvalue weighted by molar-refractivity contribution is 0.474. The van der Waals surface area contributed by atoms with Gasteiger partial charge >= 0.3 is 0 Å². The van der Waals surface area contributed by atoms with E-state index in [1.54, 1.807) is 0 Å². The van der Waals surface area contributed by atoms with Crippen LogP contribution in [0.25, 0.3) is 0 Å². The average Bonchev–Trinajstić information content (AvgIpc) is 2.92. The van der Waals surface area contributed by atoms with Gasteiger partial charge in [-0.2, -0.15) is 5.10 Å². The molecule has 2 aromatic rings. The first-order valence-electron chi connectivity index (χ1n) is 6.09. The summed E-state index contributed by atoms with van der Waals surface area (Å²) in [5.41, 5.74) is 2.37. The van der Waals surface area contributed by atoms with Gasteiger partial charge in [0.05, 0.1) is 12.8 Å². The maximum Gasteiger partial charge on any atom is 0.125 e. The lowest BCUT2D eigenvalue weighted by Crippen LogP contribution is -2.14. The van der Waals surface area contributed by atoms with E-state index in [0.717, 1.165) is 24.0 Å². The summed E-state index contributed by atoms with van der Waals surface area (Å²) in [6.07, 6.45) is 6.28. The summed E-state index contributed by atoms with van der Waals surface area (Å²) < 4.78 is 7.49. The summed E-state index contributed by atoms with van der Waals surface area (Å²) in [6.45, 7) is 3.67. The molecule has 0 bridgehead atoms. The summed E-state index contributed by atoms with van der Waals surface area (Å²) >= 11 is 0. The van der Waals surface area contributed by atoms with Crippen LogP contribution in [0.3, 0.4) is 0 Å². The quantitative estimate of drug-likeness (QED) is 0.856. The van der Waals surface area contributed by atoms with E-state index in [1.807, 2.05) is 30.1 Å². The van der Waals surface area contributed by atoms with Crippen molar-refractivity contribution in [2.24, 2.45) is 0 Å². The van der Waals surface area contributed by atoms with Crippen molar-refractivity contribution < 1.29 is 4.42 Å². The zero-order valence-electron chi connectivity index (χ0n) is 10.0. The normalized spacial score (nSPS) is 15.4. The summed E-state index contributed by atoms with van der Waals surface area (Å²) in [6, 6.07) is 4.84. The van der Waals surface area contributed by atoms with Crippen molar-refractivity contribution >= 4 is 0 Å². The maximum atomic E-state index is 5.54. The second-order valence-electron chi connectivity index (χ2n) is 4.71. The Balaban J connectivity index is 1.61. The molecule has 0 saturated heterocycles. The third-order valence-electron chi connectivity index (χ3n) is 3.11. The second kappa shape index (κ2) is 4.37. The highest BCUT2D eigenvalue weighted by Crippen LogP contribution is 2.19. The molecule has 0 aliphatic heterocycles. The van der Waals surface area contributed by atoms with E-state index in [-0.39, 0.29) is 0 Å². The standard InChI is InChI=1S/C13H17N3O/c1-10-4-5-15-16(10)8-13-6-11(9-17-13)7-14-12-2-3-12/h4-6,9,12,14H,2-3,7-8H2,1H3. The van der Waals surface area contributed by atoms with Crippen molar-refractivity contribution in [3.8, 4) is 0 Å². The van der Waals surface area contributed by atoms with Crippen LogP contribution < -0.4 is 5.32 Å². The fourth-order valence-electron chi connectivity index (χ4n) is 1.86. The molecule has 0 amide bonds. The van der Waals surface area contributed by atoms with Crippen LogP contribution in [0.4, 0.5) is 0 Å². The van der Waals surface area contributed by atoms with Crippen LogP contribution in [0, 0.1) is 6.92 Å². The van der Waals surface area contributed by atoms with Gasteiger partial charge in [-0.25, -0.2) is 0 Å². The predicted octanol–water partition coefficient (Wildman–Crippen LogP) is 2.08. The van der Waals surface area contributed by atoms with Gasteiger partial charge in [0.25, 0.3) is 0 Å². The molecule has 1 N–H and O–H groups in total. The molecule has 2 aromatic heterocycles. The zero-order valence-corrected chi connectivity index (χ0v) is 10.0. The summed E-state index contributed by atoms with van der Waals surface area (Å²) in [5, 5.41) is 7.72. The Morgan fingerprint density at radius 3 is 3.12 bits per heavy atom. The fraction of sp³-hybridized carbons (Fsp3) is 0.462. The van der Waals surface area contributed by atoms with Gasteiger partial charge < -0.3 is 9.73 Å². The number of aryl methyl sites for hydroxylation is 1. The Hall–Kier alpha value is -1.55. The Labute approximate surface area is 101 Å². The molecule has 1 saturated carbocycles. The van der Waals surface area contributed by atoms with Crippen LogP contribution in [-0.4, -0.2) is 15.8 Å². The number of nitrogens with one attached hydrogen (secondary N) is 1. The van der Waals surface area contributed by atoms with E-state index in [9.17, 15) is 0 Å². The number of hydrogen-bond donors (Lipinski definition) is 1. The molecule has 0 radical (unpaired) electrons. The zero-order chi connectivity index (χ0) is 11.7. The third kappa shape index (κ3) is 2.58. The van der Waals surface area contributed by atoms with Gasteiger partial charge in [0, 0.05) is 30.0 Å². The van der Waals surface area contributed by atoms with Gasteiger partial charge in [0.1, 0.15) is 5.76 Å². The SMILES string of the molecule is Cc1ccnn1Cc1cc(CNC2CC2)co1. The van der Waals surface area contributed by atoms with Gasteiger partial charge in [-0.1, -0.05) is 0 Å². The minimum absolute atomic E-state index is 0.711. The first-order valence-corrected chi connectivity index (χ1v) is 6.09. The van der Waals surface area contributed by atoms with Crippen LogP contribution >= 0.6 is 0 Å². The molecular formula is C13H17N3O. The highest BCUT2D eigenvalue weighted by molar-refractivity contribution is 5.14. The van der Waals surface area contributed by atoms with Crippen molar-refractivity contribution in [2.75, 3.05) is 0 Å². The summed E-state index contributed by atoms with van der Waals surface area (Å²) in [4.78, 5) is 0. The van der Waals surface area contributed by atoms with Crippen molar-refractivity contribution in [3.63, 3.8) is 0 Å². The monoisotopic (exact) mass is 231 g/mol. The van der Waals surface area contributed by atoms with Crippen LogP contribution in [0.15, 0.2) is 29.0 Å². The van der Waals surface area contributed by atoms with Crippen molar-refractivity contribution in [1.82, 2.24) is 15.1 Å². The third-order valence-corrected chi connectivity index (χ3v) is 3.11. The van der Waals surface area contributed by atoms with Gasteiger partial charge in [0.2, 0.25) is 0 Å². The predicted molar refractivity (Wildman–Crippen MR) is 64.6 cm³/mol. The fourth-order valence-corrected chi connectivity index (χ4v) is 1.86. The lowest BCUT2D eigenvalue weighted by atomic mass is 10.3. The minimum Gasteiger partial charge on any atom is -0.467 e. The number of nitrogens with zero attached hydrogens (tertiary/aromatic N) is 2. The molecule has 1 fully saturated rings. The Morgan fingerprint density at radius 2 is 2.41 bits per heavy atom. The summed E-state index contributed by atoms with van der Waals surface area (Å²) in [5.74, 6) is 0.962. The van der Waals surface area contributed by atoms with Gasteiger partial charge in [-0.3, -0.25) is 4.68 Å². The number of hydrogen-bond acceptors (Lipinski definition) is 3. The molecule has 1 aliphatic rings. The minimum atomic E-state index is 0.711. The first kappa shape index (κ1) is 10.6. The van der Waals surface area contributed by atoms with Crippen molar-refractivity contribution in [3.05, 3.63) is 41.6 Å². The molecule has 1 aliphatic carbocycles. The topological polar surface area (TPSA) is 43.0 Å². The molecule has 17 heavy (non-hydrogen) atoms. The van der Waals surface area contributed by atoms with E-state index < -0.39 is 0 Å². The average molecular weight is 231 g/mol. The Morgan fingerprint density at radius 1 is 1.53 bits per heavy atom. The maximum absolute atomic E-state index is 5.54. The number of rotatable bonds is 5. The van der Waals surface area contributed by atoms with Crippen molar-refractivity contribution in [2.45, 2.75) is 38.9 Å². The van der Waals surface area contributed by atoms with E-state index in [2.05, 4.69) is 16.5 Å². The number of furan rings is 1. The molecule has 0 unspecified atom stereocenters.